The first-order valence-corrected chi connectivity index (χ1v) is 7.11. The number of rotatable bonds is 7. The van der Waals surface area contributed by atoms with Crippen LogP contribution in [0.25, 0.3) is 0 Å². The highest BCUT2D eigenvalue weighted by molar-refractivity contribution is 4.88. The summed E-state index contributed by atoms with van der Waals surface area (Å²) < 4.78 is 14.3. The number of nitrogens with two attached hydrogens (primary N) is 1. The zero-order valence-electron chi connectivity index (χ0n) is 10.8. The summed E-state index contributed by atoms with van der Waals surface area (Å²) in [4.78, 5) is 0. The molecule has 2 heteroatoms. The van der Waals surface area contributed by atoms with Gasteiger partial charge in [0.1, 0.15) is 5.67 Å². The quantitative estimate of drug-likeness (QED) is 0.645. The molecule has 1 nitrogen and oxygen atoms in total. The molecule has 0 aliphatic heterocycles. The Morgan fingerprint density at radius 2 is 1.88 bits per heavy atom. The fourth-order valence-electron chi connectivity index (χ4n) is 2.80. The molecule has 2 atom stereocenters. The van der Waals surface area contributed by atoms with Crippen molar-refractivity contribution >= 4 is 0 Å². The minimum absolute atomic E-state index is 0.110. The number of hydrogen-bond acceptors (Lipinski definition) is 1. The van der Waals surface area contributed by atoms with E-state index in [1.54, 1.807) is 0 Å². The highest BCUT2D eigenvalue weighted by Gasteiger charge is 2.34. The average molecular weight is 229 g/mol. The lowest BCUT2D eigenvalue weighted by Gasteiger charge is -2.33. The Hall–Kier alpha value is -0.110. The molecule has 0 aromatic rings. The maximum absolute atomic E-state index is 14.3. The number of alkyl halides is 1. The summed E-state index contributed by atoms with van der Waals surface area (Å²) in [5.41, 5.74) is 4.91. The summed E-state index contributed by atoms with van der Waals surface area (Å²) >= 11 is 0. The van der Waals surface area contributed by atoms with Crippen LogP contribution in [0.1, 0.15) is 77.6 Å². The first-order chi connectivity index (χ1) is 7.66. The van der Waals surface area contributed by atoms with E-state index in [0.29, 0.717) is 6.42 Å². The van der Waals surface area contributed by atoms with Crippen LogP contribution in [0, 0.1) is 0 Å². The van der Waals surface area contributed by atoms with Gasteiger partial charge >= 0.3 is 0 Å². The highest BCUT2D eigenvalue weighted by Crippen LogP contribution is 2.35. The minimum Gasteiger partial charge on any atom is -0.328 e. The van der Waals surface area contributed by atoms with Crippen molar-refractivity contribution in [2.45, 2.75) is 89.3 Å². The lowest BCUT2D eigenvalue weighted by atomic mass is 9.80. The highest BCUT2D eigenvalue weighted by atomic mass is 19.1. The van der Waals surface area contributed by atoms with E-state index < -0.39 is 5.67 Å². The summed E-state index contributed by atoms with van der Waals surface area (Å²) in [6, 6.07) is 0.110. The number of unbranched alkanes of at least 4 members (excludes halogenated alkanes) is 5. The molecule has 0 heterocycles. The third kappa shape index (κ3) is 5.29. The van der Waals surface area contributed by atoms with E-state index in [2.05, 4.69) is 6.92 Å². The molecule has 0 aromatic heterocycles. The lowest BCUT2D eigenvalue weighted by molar-refractivity contribution is 0.0829. The van der Waals surface area contributed by atoms with Crippen molar-refractivity contribution in [1.29, 1.82) is 0 Å². The standard InChI is InChI=1S/C14H28FN/c1-2-3-4-5-6-7-10-14(15)11-8-9-13(16)12-14/h13H,2-12,16H2,1H3. The van der Waals surface area contributed by atoms with Gasteiger partial charge in [0.2, 0.25) is 0 Å². The Bertz CT molecular complexity index is 184. The molecule has 0 aromatic carbocycles. The Balaban J connectivity index is 2.06. The predicted octanol–water partition coefficient (Wildman–Crippen LogP) is 4.35. The molecule has 1 saturated carbocycles. The molecule has 2 unspecified atom stereocenters. The molecule has 1 aliphatic rings. The molecule has 1 aliphatic carbocycles. The zero-order valence-corrected chi connectivity index (χ0v) is 10.8. The molecular weight excluding hydrogens is 201 g/mol. The SMILES string of the molecule is CCCCCCCCC1(F)CCCC(N)C1. The fraction of sp³-hybridized carbons (Fsp3) is 1.00. The number of hydrogen-bond donors (Lipinski definition) is 1. The van der Waals surface area contributed by atoms with E-state index in [-0.39, 0.29) is 6.04 Å². The Morgan fingerprint density at radius 3 is 2.56 bits per heavy atom. The van der Waals surface area contributed by atoms with Gasteiger partial charge in [-0.05, 0) is 32.1 Å². The van der Waals surface area contributed by atoms with Crippen LogP contribution in [0.15, 0.2) is 0 Å². The van der Waals surface area contributed by atoms with Gasteiger partial charge in [0.25, 0.3) is 0 Å². The van der Waals surface area contributed by atoms with Gasteiger partial charge in [-0.25, -0.2) is 4.39 Å². The summed E-state index contributed by atoms with van der Waals surface area (Å²) in [7, 11) is 0. The Morgan fingerprint density at radius 1 is 1.19 bits per heavy atom. The van der Waals surface area contributed by atoms with Crippen LogP contribution in [0.3, 0.4) is 0 Å². The second-order valence-corrected chi connectivity index (χ2v) is 5.53. The first kappa shape index (κ1) is 14.0. The van der Waals surface area contributed by atoms with Crippen molar-refractivity contribution in [3.05, 3.63) is 0 Å². The van der Waals surface area contributed by atoms with Crippen LogP contribution in [0.4, 0.5) is 4.39 Å². The summed E-state index contributed by atoms with van der Waals surface area (Å²) in [6.07, 6.45) is 11.5. The van der Waals surface area contributed by atoms with E-state index in [1.165, 1.54) is 32.1 Å². The van der Waals surface area contributed by atoms with Crippen LogP contribution >= 0.6 is 0 Å². The Labute approximate surface area is 100.0 Å². The zero-order chi connectivity index (χ0) is 11.9. The van der Waals surface area contributed by atoms with Crippen molar-refractivity contribution in [3.63, 3.8) is 0 Å². The van der Waals surface area contributed by atoms with Crippen LogP contribution in [-0.4, -0.2) is 11.7 Å². The van der Waals surface area contributed by atoms with Crippen molar-refractivity contribution in [1.82, 2.24) is 0 Å². The third-order valence-corrected chi connectivity index (χ3v) is 3.81. The molecule has 2 N–H and O–H groups in total. The second-order valence-electron chi connectivity index (χ2n) is 5.53. The maximum Gasteiger partial charge on any atom is 0.112 e. The molecule has 1 fully saturated rings. The summed E-state index contributed by atoms with van der Waals surface area (Å²) in [6.45, 7) is 2.22. The Kier molecular flexibility index (Phi) is 6.33. The van der Waals surface area contributed by atoms with E-state index in [1.807, 2.05) is 0 Å². The summed E-state index contributed by atoms with van der Waals surface area (Å²) in [5, 5.41) is 0. The van der Waals surface area contributed by atoms with Crippen LogP contribution in [-0.2, 0) is 0 Å². The van der Waals surface area contributed by atoms with Crippen molar-refractivity contribution in [2.75, 3.05) is 0 Å². The third-order valence-electron chi connectivity index (χ3n) is 3.81. The molecule has 16 heavy (non-hydrogen) atoms. The van der Waals surface area contributed by atoms with E-state index in [9.17, 15) is 4.39 Å². The topological polar surface area (TPSA) is 26.0 Å². The largest absolute Gasteiger partial charge is 0.328 e. The molecule has 0 bridgehead atoms. The molecule has 1 rings (SSSR count). The van der Waals surface area contributed by atoms with Gasteiger partial charge in [0.05, 0.1) is 0 Å². The smallest absolute Gasteiger partial charge is 0.112 e. The fourth-order valence-corrected chi connectivity index (χ4v) is 2.80. The molecule has 0 radical (unpaired) electrons. The van der Waals surface area contributed by atoms with Gasteiger partial charge in [0.15, 0.2) is 0 Å². The van der Waals surface area contributed by atoms with Gasteiger partial charge < -0.3 is 5.73 Å². The van der Waals surface area contributed by atoms with Crippen LogP contribution in [0.2, 0.25) is 0 Å². The van der Waals surface area contributed by atoms with E-state index >= 15 is 0 Å². The molecular formula is C14H28FN. The molecule has 0 amide bonds. The number of halogens is 1. The van der Waals surface area contributed by atoms with Gasteiger partial charge in [0, 0.05) is 6.04 Å². The van der Waals surface area contributed by atoms with Crippen molar-refractivity contribution in [3.8, 4) is 0 Å². The summed E-state index contributed by atoms with van der Waals surface area (Å²) in [5.74, 6) is 0. The average Bonchev–Trinajstić information content (AvgIpc) is 2.23. The van der Waals surface area contributed by atoms with Gasteiger partial charge in [-0.3, -0.25) is 0 Å². The normalized spacial score (nSPS) is 30.6. The lowest BCUT2D eigenvalue weighted by Crippen LogP contribution is -2.37. The van der Waals surface area contributed by atoms with Gasteiger partial charge in [-0.1, -0.05) is 45.4 Å². The van der Waals surface area contributed by atoms with E-state index in [0.717, 1.165) is 32.1 Å². The minimum atomic E-state index is -0.928. The molecule has 96 valence electrons. The maximum atomic E-state index is 14.3. The predicted molar refractivity (Wildman–Crippen MR) is 68.3 cm³/mol. The van der Waals surface area contributed by atoms with E-state index in [4.69, 9.17) is 5.73 Å². The monoisotopic (exact) mass is 229 g/mol. The van der Waals surface area contributed by atoms with Crippen LogP contribution < -0.4 is 5.73 Å². The molecule has 0 saturated heterocycles. The van der Waals surface area contributed by atoms with Gasteiger partial charge in [-0.15, -0.1) is 0 Å². The van der Waals surface area contributed by atoms with Crippen molar-refractivity contribution in [2.24, 2.45) is 5.73 Å². The van der Waals surface area contributed by atoms with Crippen LogP contribution in [0.5, 0.6) is 0 Å². The molecule has 0 spiro atoms. The van der Waals surface area contributed by atoms with Crippen molar-refractivity contribution < 1.29 is 4.39 Å². The van der Waals surface area contributed by atoms with Gasteiger partial charge in [-0.2, -0.15) is 0 Å². The second kappa shape index (κ2) is 7.26. The first-order valence-electron chi connectivity index (χ1n) is 7.11.